The zero-order valence-electron chi connectivity index (χ0n) is 9.95. The number of thiophene rings is 1. The first-order valence-corrected chi connectivity index (χ1v) is 6.35. The number of aryl methyl sites for hydroxylation is 1. The van der Waals surface area contributed by atoms with Crippen molar-refractivity contribution >= 4 is 11.3 Å². The Bertz CT molecular complexity index is 457. The van der Waals surface area contributed by atoms with Crippen LogP contribution >= 0.6 is 11.3 Å². The van der Waals surface area contributed by atoms with Crippen molar-refractivity contribution in [3.05, 3.63) is 39.3 Å². The van der Waals surface area contributed by atoms with Gasteiger partial charge in [0.15, 0.2) is 0 Å². The molecule has 0 aliphatic carbocycles. The maximum absolute atomic E-state index is 4.58. The third-order valence-electron chi connectivity index (χ3n) is 2.80. The Morgan fingerprint density at radius 1 is 1.44 bits per heavy atom. The van der Waals surface area contributed by atoms with Crippen LogP contribution in [-0.2, 0) is 13.1 Å². The average Bonchev–Trinajstić information content (AvgIpc) is 2.84. The molecule has 0 aromatic carbocycles. The highest BCUT2D eigenvalue weighted by atomic mass is 32.1. The Labute approximate surface area is 100 Å². The molecule has 3 nitrogen and oxygen atoms in total. The summed E-state index contributed by atoms with van der Waals surface area (Å²) in [6.45, 7) is 5.98. The van der Waals surface area contributed by atoms with Crippen molar-refractivity contribution in [2.75, 3.05) is 7.05 Å². The lowest BCUT2D eigenvalue weighted by molar-refractivity contribution is 0.658. The van der Waals surface area contributed by atoms with E-state index in [1.807, 2.05) is 7.05 Å². The average molecular weight is 235 g/mol. The molecule has 0 amide bonds. The Hall–Kier alpha value is -1.13. The number of rotatable bonds is 4. The van der Waals surface area contributed by atoms with E-state index in [9.17, 15) is 0 Å². The summed E-state index contributed by atoms with van der Waals surface area (Å²) in [4.78, 5) is 0. The number of hydrogen-bond donors (Lipinski definition) is 1. The van der Waals surface area contributed by atoms with Crippen LogP contribution in [0, 0.1) is 13.8 Å². The van der Waals surface area contributed by atoms with E-state index in [0.29, 0.717) is 0 Å². The Morgan fingerprint density at radius 2 is 2.25 bits per heavy atom. The highest BCUT2D eigenvalue weighted by Crippen LogP contribution is 2.15. The third kappa shape index (κ3) is 2.18. The van der Waals surface area contributed by atoms with E-state index >= 15 is 0 Å². The van der Waals surface area contributed by atoms with Gasteiger partial charge in [0.05, 0.1) is 12.2 Å². The molecule has 86 valence electrons. The molecule has 2 heterocycles. The van der Waals surface area contributed by atoms with Crippen molar-refractivity contribution in [2.45, 2.75) is 26.9 Å². The lowest BCUT2D eigenvalue weighted by atomic mass is 10.2. The SMILES string of the molecule is CNCc1c(C)nn(Cc2ccsc2)c1C. The summed E-state index contributed by atoms with van der Waals surface area (Å²) >= 11 is 1.73. The first-order valence-electron chi connectivity index (χ1n) is 5.41. The van der Waals surface area contributed by atoms with Gasteiger partial charge < -0.3 is 5.32 Å². The molecule has 16 heavy (non-hydrogen) atoms. The Balaban J connectivity index is 2.25. The zero-order chi connectivity index (χ0) is 11.5. The summed E-state index contributed by atoms with van der Waals surface area (Å²) in [6, 6.07) is 2.15. The molecule has 0 fully saturated rings. The highest BCUT2D eigenvalue weighted by molar-refractivity contribution is 7.07. The summed E-state index contributed by atoms with van der Waals surface area (Å²) in [5.74, 6) is 0. The number of nitrogens with one attached hydrogen (secondary N) is 1. The second-order valence-corrected chi connectivity index (χ2v) is 4.75. The van der Waals surface area contributed by atoms with Crippen molar-refractivity contribution in [3.63, 3.8) is 0 Å². The first-order chi connectivity index (χ1) is 7.72. The van der Waals surface area contributed by atoms with Crippen LogP contribution in [0.3, 0.4) is 0 Å². The smallest absolute Gasteiger partial charge is 0.0670 e. The maximum atomic E-state index is 4.58. The van der Waals surface area contributed by atoms with Crippen LogP contribution in [0.1, 0.15) is 22.5 Å². The van der Waals surface area contributed by atoms with Crippen LogP contribution in [0.15, 0.2) is 16.8 Å². The van der Waals surface area contributed by atoms with E-state index in [-0.39, 0.29) is 0 Å². The highest BCUT2D eigenvalue weighted by Gasteiger charge is 2.10. The molecule has 0 unspecified atom stereocenters. The fraction of sp³-hybridized carbons (Fsp3) is 0.417. The van der Waals surface area contributed by atoms with Gasteiger partial charge in [0.1, 0.15) is 0 Å². The summed E-state index contributed by atoms with van der Waals surface area (Å²) in [7, 11) is 1.97. The molecule has 2 aromatic heterocycles. The summed E-state index contributed by atoms with van der Waals surface area (Å²) in [6.07, 6.45) is 0. The van der Waals surface area contributed by atoms with Crippen LogP contribution in [0.4, 0.5) is 0 Å². The number of hydrogen-bond acceptors (Lipinski definition) is 3. The molecule has 0 spiro atoms. The standard InChI is InChI=1S/C12H17N3S/c1-9-12(6-13-3)10(2)15(14-9)7-11-4-5-16-8-11/h4-5,8,13H,6-7H2,1-3H3. The van der Waals surface area contributed by atoms with Gasteiger partial charge in [-0.25, -0.2) is 0 Å². The predicted molar refractivity (Wildman–Crippen MR) is 67.9 cm³/mol. The first kappa shape index (κ1) is 11.4. The molecule has 1 N–H and O–H groups in total. The minimum Gasteiger partial charge on any atom is -0.316 e. The Kier molecular flexibility index (Phi) is 3.41. The molecule has 2 aromatic rings. The van der Waals surface area contributed by atoms with Gasteiger partial charge >= 0.3 is 0 Å². The van der Waals surface area contributed by atoms with Gasteiger partial charge in [0.25, 0.3) is 0 Å². The summed E-state index contributed by atoms with van der Waals surface area (Å²) in [5, 5.41) is 12.1. The van der Waals surface area contributed by atoms with Gasteiger partial charge in [0, 0.05) is 17.8 Å². The molecule has 0 bridgehead atoms. The van der Waals surface area contributed by atoms with E-state index in [1.165, 1.54) is 16.8 Å². The fourth-order valence-electron chi connectivity index (χ4n) is 1.88. The second kappa shape index (κ2) is 4.80. The molecular formula is C12H17N3S. The van der Waals surface area contributed by atoms with Crippen LogP contribution in [0.5, 0.6) is 0 Å². The molecule has 4 heteroatoms. The van der Waals surface area contributed by atoms with E-state index in [4.69, 9.17) is 0 Å². The van der Waals surface area contributed by atoms with Crippen molar-refractivity contribution in [1.82, 2.24) is 15.1 Å². The zero-order valence-corrected chi connectivity index (χ0v) is 10.8. The second-order valence-electron chi connectivity index (χ2n) is 3.97. The normalized spacial score (nSPS) is 10.9. The van der Waals surface area contributed by atoms with Crippen molar-refractivity contribution in [2.24, 2.45) is 0 Å². The Morgan fingerprint density at radius 3 is 2.88 bits per heavy atom. The van der Waals surface area contributed by atoms with E-state index in [1.54, 1.807) is 11.3 Å². The molecule has 0 radical (unpaired) electrons. The molecule has 0 aliphatic rings. The molecular weight excluding hydrogens is 218 g/mol. The van der Waals surface area contributed by atoms with Crippen LogP contribution in [0.25, 0.3) is 0 Å². The number of nitrogens with zero attached hydrogens (tertiary/aromatic N) is 2. The lowest BCUT2D eigenvalue weighted by Gasteiger charge is -2.03. The minimum absolute atomic E-state index is 0.875. The summed E-state index contributed by atoms with van der Waals surface area (Å²) in [5.41, 5.74) is 5.03. The molecule has 0 atom stereocenters. The molecule has 0 saturated heterocycles. The van der Waals surface area contributed by atoms with Gasteiger partial charge in [-0.15, -0.1) is 0 Å². The molecule has 0 saturated carbocycles. The predicted octanol–water partition coefficient (Wildman–Crippen LogP) is 2.33. The maximum Gasteiger partial charge on any atom is 0.0670 e. The van der Waals surface area contributed by atoms with Gasteiger partial charge in [-0.1, -0.05) is 0 Å². The van der Waals surface area contributed by atoms with Crippen molar-refractivity contribution < 1.29 is 0 Å². The quantitative estimate of drug-likeness (QED) is 0.881. The van der Waals surface area contributed by atoms with Crippen LogP contribution in [-0.4, -0.2) is 16.8 Å². The number of aromatic nitrogens is 2. The van der Waals surface area contributed by atoms with Gasteiger partial charge in [-0.05, 0) is 43.3 Å². The minimum atomic E-state index is 0.875. The topological polar surface area (TPSA) is 29.9 Å². The fourth-order valence-corrected chi connectivity index (χ4v) is 2.54. The third-order valence-corrected chi connectivity index (χ3v) is 3.53. The largest absolute Gasteiger partial charge is 0.316 e. The van der Waals surface area contributed by atoms with E-state index in [0.717, 1.165) is 18.8 Å². The van der Waals surface area contributed by atoms with Gasteiger partial charge in [0.2, 0.25) is 0 Å². The van der Waals surface area contributed by atoms with Crippen LogP contribution in [0.2, 0.25) is 0 Å². The van der Waals surface area contributed by atoms with E-state index < -0.39 is 0 Å². The van der Waals surface area contributed by atoms with E-state index in [2.05, 4.69) is 45.8 Å². The van der Waals surface area contributed by atoms with Crippen molar-refractivity contribution in [1.29, 1.82) is 0 Å². The van der Waals surface area contributed by atoms with Crippen LogP contribution < -0.4 is 5.32 Å². The molecule has 2 rings (SSSR count). The van der Waals surface area contributed by atoms with Gasteiger partial charge in [-0.3, -0.25) is 4.68 Å². The lowest BCUT2D eigenvalue weighted by Crippen LogP contribution is -2.08. The molecule has 0 aliphatic heterocycles. The monoisotopic (exact) mass is 235 g/mol. The van der Waals surface area contributed by atoms with Gasteiger partial charge in [-0.2, -0.15) is 16.4 Å². The summed E-state index contributed by atoms with van der Waals surface area (Å²) < 4.78 is 2.09. The van der Waals surface area contributed by atoms with Crippen molar-refractivity contribution in [3.8, 4) is 0 Å².